The lowest BCUT2D eigenvalue weighted by Crippen LogP contribution is -2.56. The van der Waals surface area contributed by atoms with Crippen molar-refractivity contribution in [3.05, 3.63) is 35.4 Å². The number of piperazine rings is 1. The van der Waals surface area contributed by atoms with E-state index in [1.54, 1.807) is 4.90 Å². The molecule has 0 saturated carbocycles. The van der Waals surface area contributed by atoms with E-state index in [2.05, 4.69) is 5.32 Å². The van der Waals surface area contributed by atoms with E-state index in [0.717, 1.165) is 18.7 Å². The number of alkyl halides is 3. The molecule has 1 fully saturated rings. The number of carbonyl (C=O) groups excluding carboxylic acids is 1. The Morgan fingerprint density at radius 2 is 1.86 bits per heavy atom. The van der Waals surface area contributed by atoms with Crippen molar-refractivity contribution >= 4 is 18.3 Å². The van der Waals surface area contributed by atoms with Gasteiger partial charge in [0, 0.05) is 25.2 Å². The summed E-state index contributed by atoms with van der Waals surface area (Å²) in [5.41, 5.74) is -0.0887. The second-order valence-corrected chi connectivity index (χ2v) is 5.58. The summed E-state index contributed by atoms with van der Waals surface area (Å²) in [6.07, 6.45) is -4.21. The molecule has 1 amide bonds. The Labute approximate surface area is 134 Å². The van der Waals surface area contributed by atoms with Gasteiger partial charge in [0.05, 0.1) is 12.0 Å². The molecule has 1 aliphatic heterocycles. The maximum absolute atomic E-state index is 12.5. The maximum atomic E-state index is 12.5. The van der Waals surface area contributed by atoms with Crippen molar-refractivity contribution in [2.75, 3.05) is 13.1 Å². The van der Waals surface area contributed by atoms with E-state index in [1.807, 2.05) is 13.8 Å². The first-order valence-electron chi connectivity index (χ1n) is 6.96. The molecule has 22 heavy (non-hydrogen) atoms. The highest BCUT2D eigenvalue weighted by atomic mass is 35.5. The summed E-state index contributed by atoms with van der Waals surface area (Å²) in [7, 11) is 0. The van der Waals surface area contributed by atoms with Crippen LogP contribution in [0.2, 0.25) is 0 Å². The average Bonchev–Trinajstić information content (AvgIpc) is 2.41. The van der Waals surface area contributed by atoms with Crippen LogP contribution in [-0.2, 0) is 17.4 Å². The van der Waals surface area contributed by atoms with Gasteiger partial charge in [0.25, 0.3) is 0 Å². The molecule has 1 heterocycles. The molecule has 1 N–H and O–H groups in total. The molecule has 0 aromatic heterocycles. The molecule has 2 rings (SSSR count). The second-order valence-electron chi connectivity index (χ2n) is 5.58. The SMILES string of the molecule is CC1CN(C(=O)Cc2ccc(C(F)(F)F)cc2)C(C)CN1.Cl. The fraction of sp³-hybridized carbons (Fsp3) is 0.533. The summed E-state index contributed by atoms with van der Waals surface area (Å²) < 4.78 is 37.5. The zero-order valence-electron chi connectivity index (χ0n) is 12.5. The largest absolute Gasteiger partial charge is 0.416 e. The third-order valence-corrected chi connectivity index (χ3v) is 3.72. The lowest BCUT2D eigenvalue weighted by Gasteiger charge is -2.37. The van der Waals surface area contributed by atoms with Gasteiger partial charge in [0.2, 0.25) is 5.91 Å². The van der Waals surface area contributed by atoms with Crippen LogP contribution in [0.3, 0.4) is 0 Å². The fourth-order valence-electron chi connectivity index (χ4n) is 2.46. The van der Waals surface area contributed by atoms with Crippen LogP contribution in [0.4, 0.5) is 13.2 Å². The van der Waals surface area contributed by atoms with E-state index in [4.69, 9.17) is 0 Å². The lowest BCUT2D eigenvalue weighted by molar-refractivity contribution is -0.137. The summed E-state index contributed by atoms with van der Waals surface area (Å²) in [6.45, 7) is 5.33. The van der Waals surface area contributed by atoms with Gasteiger partial charge in [-0.3, -0.25) is 4.79 Å². The normalized spacial score (nSPS) is 22.1. The van der Waals surface area contributed by atoms with E-state index in [0.29, 0.717) is 12.1 Å². The van der Waals surface area contributed by atoms with E-state index in [1.165, 1.54) is 12.1 Å². The van der Waals surface area contributed by atoms with Crippen molar-refractivity contribution in [1.29, 1.82) is 0 Å². The van der Waals surface area contributed by atoms with Crippen LogP contribution in [0.25, 0.3) is 0 Å². The standard InChI is InChI=1S/C15H19F3N2O.ClH/c1-10-9-20(11(2)8-19-10)14(21)7-12-3-5-13(6-4-12)15(16,17)18;/h3-6,10-11,19H,7-9H2,1-2H3;1H. The molecule has 124 valence electrons. The topological polar surface area (TPSA) is 32.3 Å². The molecule has 1 aromatic carbocycles. The fourth-order valence-corrected chi connectivity index (χ4v) is 2.46. The number of nitrogens with one attached hydrogen (secondary N) is 1. The summed E-state index contributed by atoms with van der Waals surface area (Å²) in [6, 6.07) is 5.12. The molecule has 0 bridgehead atoms. The van der Waals surface area contributed by atoms with Gasteiger partial charge in [-0.25, -0.2) is 0 Å². The molecule has 0 radical (unpaired) electrons. The zero-order valence-corrected chi connectivity index (χ0v) is 13.3. The number of benzene rings is 1. The number of amides is 1. The Morgan fingerprint density at radius 1 is 1.27 bits per heavy atom. The molecule has 3 nitrogen and oxygen atoms in total. The molecule has 0 aliphatic carbocycles. The molecular weight excluding hydrogens is 317 g/mol. The quantitative estimate of drug-likeness (QED) is 0.900. The minimum Gasteiger partial charge on any atom is -0.337 e. The molecule has 2 atom stereocenters. The van der Waals surface area contributed by atoms with Crippen molar-refractivity contribution < 1.29 is 18.0 Å². The Kier molecular flexibility index (Phi) is 6.26. The Morgan fingerprint density at radius 3 is 2.41 bits per heavy atom. The third kappa shape index (κ3) is 4.61. The summed E-state index contributed by atoms with van der Waals surface area (Å²) in [4.78, 5) is 14.1. The molecular formula is C15H20ClF3N2O. The first-order chi connectivity index (χ1) is 9.77. The molecule has 2 unspecified atom stereocenters. The first-order valence-corrected chi connectivity index (χ1v) is 6.96. The van der Waals surface area contributed by atoms with Gasteiger partial charge in [-0.1, -0.05) is 12.1 Å². The van der Waals surface area contributed by atoms with Gasteiger partial charge < -0.3 is 10.2 Å². The van der Waals surface area contributed by atoms with E-state index in [-0.39, 0.29) is 36.8 Å². The minimum atomic E-state index is -4.34. The number of carbonyl (C=O) groups is 1. The number of rotatable bonds is 2. The van der Waals surface area contributed by atoms with Crippen molar-refractivity contribution in [2.45, 2.75) is 38.5 Å². The smallest absolute Gasteiger partial charge is 0.337 e. The van der Waals surface area contributed by atoms with Crippen molar-refractivity contribution in [1.82, 2.24) is 10.2 Å². The molecule has 1 saturated heterocycles. The van der Waals surface area contributed by atoms with Crippen LogP contribution < -0.4 is 5.32 Å². The van der Waals surface area contributed by atoms with E-state index < -0.39 is 11.7 Å². The van der Waals surface area contributed by atoms with Gasteiger partial charge in [-0.05, 0) is 31.5 Å². The van der Waals surface area contributed by atoms with E-state index in [9.17, 15) is 18.0 Å². The highest BCUT2D eigenvalue weighted by Gasteiger charge is 2.30. The van der Waals surface area contributed by atoms with Gasteiger partial charge in [0.15, 0.2) is 0 Å². The summed E-state index contributed by atoms with van der Waals surface area (Å²) in [5.74, 6) is -0.0457. The second kappa shape index (κ2) is 7.33. The van der Waals surface area contributed by atoms with Crippen molar-refractivity contribution in [3.8, 4) is 0 Å². The van der Waals surface area contributed by atoms with Crippen molar-refractivity contribution in [3.63, 3.8) is 0 Å². The average molecular weight is 337 g/mol. The van der Waals surface area contributed by atoms with Gasteiger partial charge >= 0.3 is 6.18 Å². The van der Waals surface area contributed by atoms with Crippen LogP contribution in [0.15, 0.2) is 24.3 Å². The van der Waals surface area contributed by atoms with Crippen LogP contribution in [-0.4, -0.2) is 36.0 Å². The zero-order chi connectivity index (χ0) is 15.6. The minimum absolute atomic E-state index is 0. The van der Waals surface area contributed by atoms with E-state index >= 15 is 0 Å². The summed E-state index contributed by atoms with van der Waals surface area (Å²) in [5, 5.41) is 3.29. The maximum Gasteiger partial charge on any atom is 0.416 e. The third-order valence-electron chi connectivity index (χ3n) is 3.72. The predicted molar refractivity (Wildman–Crippen MR) is 81.0 cm³/mol. The Bertz CT molecular complexity index is 505. The van der Waals surface area contributed by atoms with Crippen molar-refractivity contribution in [2.24, 2.45) is 0 Å². The first kappa shape index (κ1) is 18.8. The van der Waals surface area contributed by atoms with Crippen LogP contribution in [0.5, 0.6) is 0 Å². The highest BCUT2D eigenvalue weighted by Crippen LogP contribution is 2.29. The van der Waals surface area contributed by atoms with Crippen LogP contribution in [0, 0.1) is 0 Å². The van der Waals surface area contributed by atoms with Gasteiger partial charge in [-0.2, -0.15) is 13.2 Å². The van der Waals surface area contributed by atoms with Gasteiger partial charge in [-0.15, -0.1) is 12.4 Å². The Hall–Kier alpha value is -1.27. The number of hydrogen-bond acceptors (Lipinski definition) is 2. The number of halogens is 4. The monoisotopic (exact) mass is 336 g/mol. The van der Waals surface area contributed by atoms with Crippen LogP contribution >= 0.6 is 12.4 Å². The molecule has 1 aliphatic rings. The highest BCUT2D eigenvalue weighted by molar-refractivity contribution is 5.85. The molecule has 7 heteroatoms. The number of nitrogens with zero attached hydrogens (tertiary/aromatic N) is 1. The molecule has 1 aromatic rings. The predicted octanol–water partition coefficient (Wildman–Crippen LogP) is 2.88. The molecule has 0 spiro atoms. The lowest BCUT2D eigenvalue weighted by atomic mass is 10.1. The summed E-state index contributed by atoms with van der Waals surface area (Å²) >= 11 is 0. The van der Waals surface area contributed by atoms with Gasteiger partial charge in [0.1, 0.15) is 0 Å². The Balaban J connectivity index is 0.00000242. The van der Waals surface area contributed by atoms with Crippen LogP contribution in [0.1, 0.15) is 25.0 Å². The number of hydrogen-bond donors (Lipinski definition) is 1.